The fourth-order valence-corrected chi connectivity index (χ4v) is 4.89. The van der Waals surface area contributed by atoms with Crippen molar-refractivity contribution in [3.05, 3.63) is 41.5 Å². The Morgan fingerprint density at radius 1 is 1.31 bits per heavy atom. The van der Waals surface area contributed by atoms with E-state index in [1.54, 1.807) is 7.11 Å². The molecule has 3 rings (SSSR count). The second kappa shape index (κ2) is 9.63. The van der Waals surface area contributed by atoms with Gasteiger partial charge in [-0.25, -0.2) is 0 Å². The lowest BCUT2D eigenvalue weighted by atomic mass is 9.87. The van der Waals surface area contributed by atoms with Gasteiger partial charge in [-0.1, -0.05) is 39.5 Å². The van der Waals surface area contributed by atoms with Crippen LogP contribution in [-0.2, 0) is 15.9 Å². The molecule has 1 unspecified atom stereocenters. The molecule has 0 bridgehead atoms. The molecule has 0 aromatic heterocycles. The average molecular weight is 401 g/mol. The lowest BCUT2D eigenvalue weighted by Crippen LogP contribution is -2.60. The van der Waals surface area contributed by atoms with Gasteiger partial charge in [0.1, 0.15) is 0 Å². The number of hydrogen-bond acceptors (Lipinski definition) is 4. The van der Waals surface area contributed by atoms with E-state index >= 15 is 0 Å². The minimum atomic E-state index is -0.0364. The molecule has 0 amide bonds. The van der Waals surface area contributed by atoms with Crippen LogP contribution in [0.5, 0.6) is 0 Å². The smallest absolute Gasteiger partial charge is 0.0943 e. The summed E-state index contributed by atoms with van der Waals surface area (Å²) < 4.78 is 12.0. The van der Waals surface area contributed by atoms with Gasteiger partial charge in [-0.3, -0.25) is 4.90 Å². The number of likely N-dealkylation sites (N-methyl/N-ethyl adjacent to an activating group) is 1. The quantitative estimate of drug-likeness (QED) is 0.679. The third kappa shape index (κ3) is 5.42. The second-order valence-electron chi connectivity index (χ2n) is 9.38. The van der Waals surface area contributed by atoms with Crippen molar-refractivity contribution in [3.63, 3.8) is 0 Å². The molecule has 0 N–H and O–H groups in total. The molecule has 29 heavy (non-hydrogen) atoms. The summed E-state index contributed by atoms with van der Waals surface area (Å²) in [6, 6.07) is 6.86. The Labute approximate surface area is 177 Å². The van der Waals surface area contributed by atoms with Crippen molar-refractivity contribution in [2.75, 3.05) is 46.4 Å². The molecule has 1 spiro atoms. The molecule has 0 aliphatic carbocycles. The lowest BCUT2D eigenvalue weighted by molar-refractivity contribution is -0.184. The van der Waals surface area contributed by atoms with Gasteiger partial charge in [0.15, 0.2) is 0 Å². The van der Waals surface area contributed by atoms with Gasteiger partial charge in [0.2, 0.25) is 0 Å². The van der Waals surface area contributed by atoms with Crippen LogP contribution in [-0.4, -0.2) is 67.9 Å². The Morgan fingerprint density at radius 2 is 2.03 bits per heavy atom. The highest BCUT2D eigenvalue weighted by Gasteiger charge is 2.42. The maximum atomic E-state index is 6.57. The summed E-state index contributed by atoms with van der Waals surface area (Å²) in [5, 5.41) is 0. The van der Waals surface area contributed by atoms with Crippen LogP contribution in [0, 0.1) is 12.8 Å². The fraction of sp³-hybridized carbons (Fsp3) is 0.680. The van der Waals surface area contributed by atoms with Crippen LogP contribution >= 0.6 is 0 Å². The van der Waals surface area contributed by atoms with Crippen molar-refractivity contribution in [1.29, 1.82) is 0 Å². The number of morpholine rings is 1. The first-order valence-corrected chi connectivity index (χ1v) is 11.3. The largest absolute Gasteiger partial charge is 0.382 e. The zero-order chi connectivity index (χ0) is 21.0. The number of ether oxygens (including phenoxy) is 2. The van der Waals surface area contributed by atoms with Crippen molar-refractivity contribution in [2.24, 2.45) is 5.92 Å². The molecule has 2 fully saturated rings. The maximum Gasteiger partial charge on any atom is 0.0943 e. The number of hydrogen-bond donors (Lipinski definition) is 0. The summed E-state index contributed by atoms with van der Waals surface area (Å²) in [4.78, 5) is 4.97. The minimum absolute atomic E-state index is 0.0364. The summed E-state index contributed by atoms with van der Waals surface area (Å²) in [5.41, 5.74) is 5.19. The van der Waals surface area contributed by atoms with Gasteiger partial charge in [-0.05, 0) is 61.4 Å². The highest BCUT2D eigenvalue weighted by molar-refractivity contribution is 5.63. The molecule has 2 aliphatic heterocycles. The Kier molecular flexibility index (Phi) is 7.42. The van der Waals surface area contributed by atoms with Gasteiger partial charge in [0.05, 0.1) is 18.3 Å². The normalized spacial score (nSPS) is 22.4. The molecule has 2 saturated heterocycles. The fourth-order valence-electron chi connectivity index (χ4n) is 4.89. The van der Waals surface area contributed by atoms with Crippen LogP contribution in [0.3, 0.4) is 0 Å². The topological polar surface area (TPSA) is 24.9 Å². The molecule has 0 saturated carbocycles. The van der Waals surface area contributed by atoms with Gasteiger partial charge in [-0.2, -0.15) is 0 Å². The maximum absolute atomic E-state index is 6.57. The number of benzene rings is 1. The van der Waals surface area contributed by atoms with Gasteiger partial charge in [0, 0.05) is 39.0 Å². The standard InChI is InChI=1S/C25H40N2O2/c1-7-26-16-24(17-28-6)29-25(18-26)10-12-27(13-11-25)21(5)23-9-8-22(14-19(2)3)20(4)15-23/h8-9,15,19,24H,5,7,10-14,16-18H2,1-4,6H3. The Balaban J connectivity index is 1.64. The first-order valence-electron chi connectivity index (χ1n) is 11.3. The second-order valence-corrected chi connectivity index (χ2v) is 9.38. The Morgan fingerprint density at radius 3 is 2.62 bits per heavy atom. The Bertz CT molecular complexity index is 692. The van der Waals surface area contributed by atoms with Gasteiger partial charge in [0.25, 0.3) is 0 Å². The average Bonchev–Trinajstić information content (AvgIpc) is 2.69. The molecule has 2 heterocycles. The van der Waals surface area contributed by atoms with E-state index in [2.05, 4.69) is 62.3 Å². The summed E-state index contributed by atoms with van der Waals surface area (Å²) in [7, 11) is 1.77. The monoisotopic (exact) mass is 400 g/mol. The van der Waals surface area contributed by atoms with Gasteiger partial charge < -0.3 is 14.4 Å². The van der Waals surface area contributed by atoms with Crippen molar-refractivity contribution in [1.82, 2.24) is 9.80 Å². The summed E-state index contributed by atoms with van der Waals surface area (Å²) in [6.07, 6.45) is 3.42. The third-order valence-corrected chi connectivity index (χ3v) is 6.55. The number of likely N-dealkylation sites (tertiary alicyclic amines) is 1. The highest BCUT2D eigenvalue weighted by Crippen LogP contribution is 2.35. The summed E-state index contributed by atoms with van der Waals surface area (Å²) >= 11 is 0. The SMILES string of the molecule is C=C(c1ccc(CC(C)C)c(C)c1)N1CCC2(CC1)CN(CC)CC(COC)O2. The van der Waals surface area contributed by atoms with Crippen LogP contribution < -0.4 is 0 Å². The van der Waals surface area contributed by atoms with Crippen LogP contribution in [0.15, 0.2) is 24.8 Å². The van der Waals surface area contributed by atoms with Crippen LogP contribution in [0.4, 0.5) is 0 Å². The van der Waals surface area contributed by atoms with E-state index in [0.29, 0.717) is 12.5 Å². The van der Waals surface area contributed by atoms with Crippen molar-refractivity contribution < 1.29 is 9.47 Å². The van der Waals surface area contributed by atoms with Crippen molar-refractivity contribution in [2.45, 2.75) is 58.7 Å². The molecule has 0 radical (unpaired) electrons. The molecule has 2 aliphatic rings. The third-order valence-electron chi connectivity index (χ3n) is 6.55. The number of piperidine rings is 1. The highest BCUT2D eigenvalue weighted by atomic mass is 16.5. The molecule has 162 valence electrons. The van der Waals surface area contributed by atoms with Crippen molar-refractivity contribution in [3.8, 4) is 0 Å². The van der Waals surface area contributed by atoms with Crippen LogP contribution in [0.2, 0.25) is 0 Å². The van der Waals surface area contributed by atoms with Crippen molar-refractivity contribution >= 4 is 5.70 Å². The van der Waals surface area contributed by atoms with E-state index < -0.39 is 0 Å². The van der Waals surface area contributed by atoms with Crippen LogP contribution in [0.1, 0.15) is 50.3 Å². The molecule has 1 aromatic carbocycles. The van der Waals surface area contributed by atoms with Gasteiger partial charge >= 0.3 is 0 Å². The number of rotatable bonds is 7. The number of aryl methyl sites for hydroxylation is 1. The van der Waals surface area contributed by atoms with Crippen LogP contribution in [0.25, 0.3) is 5.70 Å². The van der Waals surface area contributed by atoms with E-state index in [1.807, 2.05) is 0 Å². The zero-order valence-electron chi connectivity index (χ0n) is 19.2. The molecule has 1 atom stereocenters. The number of nitrogens with zero attached hydrogens (tertiary/aromatic N) is 2. The molecular formula is C25H40N2O2. The summed E-state index contributed by atoms with van der Waals surface area (Å²) in [6.45, 7) is 19.2. The molecule has 4 nitrogen and oxygen atoms in total. The molecule has 4 heteroatoms. The zero-order valence-corrected chi connectivity index (χ0v) is 19.2. The minimum Gasteiger partial charge on any atom is -0.382 e. The van der Waals surface area contributed by atoms with E-state index in [9.17, 15) is 0 Å². The molecular weight excluding hydrogens is 360 g/mol. The van der Waals surface area contributed by atoms with E-state index in [-0.39, 0.29) is 11.7 Å². The van der Waals surface area contributed by atoms with Gasteiger partial charge in [-0.15, -0.1) is 0 Å². The Hall–Kier alpha value is -1.36. The predicted molar refractivity (Wildman–Crippen MR) is 121 cm³/mol. The first kappa shape index (κ1) is 22.3. The molecule has 1 aromatic rings. The predicted octanol–water partition coefficient (Wildman–Crippen LogP) is 4.37. The van der Waals surface area contributed by atoms with E-state index in [1.165, 1.54) is 16.7 Å². The summed E-state index contributed by atoms with van der Waals surface area (Å²) in [5.74, 6) is 0.682. The lowest BCUT2D eigenvalue weighted by Gasteiger charge is -2.50. The first-order chi connectivity index (χ1) is 13.9. The van der Waals surface area contributed by atoms with E-state index in [4.69, 9.17) is 9.47 Å². The number of methoxy groups -OCH3 is 1. The van der Waals surface area contributed by atoms with E-state index in [0.717, 1.165) is 57.7 Å².